The third kappa shape index (κ3) is 3.37. The van der Waals surface area contributed by atoms with E-state index in [4.69, 9.17) is 0 Å². The van der Waals surface area contributed by atoms with Gasteiger partial charge in [0.05, 0.1) is 0 Å². The molecule has 1 fully saturated rings. The van der Waals surface area contributed by atoms with E-state index in [0.717, 1.165) is 32.5 Å². The molecule has 2 aliphatic rings. The molecule has 4 nitrogen and oxygen atoms in total. The molecule has 1 aliphatic carbocycles. The van der Waals surface area contributed by atoms with Gasteiger partial charge < -0.3 is 10.2 Å². The number of hydrogen-bond acceptors (Lipinski definition) is 4. The van der Waals surface area contributed by atoms with E-state index in [1.807, 2.05) is 0 Å². The normalized spacial score (nSPS) is 21.9. The third-order valence-electron chi connectivity index (χ3n) is 4.68. The van der Waals surface area contributed by atoms with E-state index in [1.54, 1.807) is 6.33 Å². The Hall–Kier alpha value is -1.16. The van der Waals surface area contributed by atoms with Crippen molar-refractivity contribution >= 4 is 5.82 Å². The smallest absolute Gasteiger partial charge is 0.135 e. The summed E-state index contributed by atoms with van der Waals surface area (Å²) >= 11 is 0. The first-order chi connectivity index (χ1) is 10.3. The Morgan fingerprint density at radius 1 is 1.24 bits per heavy atom. The maximum atomic E-state index is 4.65. The number of rotatable bonds is 5. The molecule has 0 spiro atoms. The Bertz CT molecular complexity index is 472. The minimum atomic E-state index is 0.595. The second kappa shape index (κ2) is 6.73. The molecule has 116 valence electrons. The van der Waals surface area contributed by atoms with Crippen LogP contribution in [0.25, 0.3) is 0 Å². The maximum Gasteiger partial charge on any atom is 0.135 e. The summed E-state index contributed by atoms with van der Waals surface area (Å²) in [7, 11) is 0. The van der Waals surface area contributed by atoms with E-state index in [2.05, 4.69) is 34.0 Å². The first-order valence-electron chi connectivity index (χ1n) is 8.56. The van der Waals surface area contributed by atoms with E-state index < -0.39 is 0 Å². The molecule has 1 saturated heterocycles. The zero-order valence-electron chi connectivity index (χ0n) is 13.4. The number of aromatic nitrogens is 2. The second-order valence-corrected chi connectivity index (χ2v) is 6.87. The average Bonchev–Trinajstić information content (AvgIpc) is 2.96. The number of nitrogens with zero attached hydrogens (tertiary/aromatic N) is 3. The largest absolute Gasteiger partial charge is 0.352 e. The number of nitrogens with one attached hydrogen (secondary N) is 1. The van der Waals surface area contributed by atoms with Crippen LogP contribution in [0.1, 0.15) is 50.8 Å². The van der Waals surface area contributed by atoms with Crippen molar-refractivity contribution in [1.29, 1.82) is 0 Å². The standard InChI is InChI=1S/C17H28N4/c1-13(2)10-18-11-14-6-3-4-9-21(14)17-15-7-5-8-16(15)19-12-20-17/h12-14,18H,3-11H2,1-2H3. The van der Waals surface area contributed by atoms with Crippen molar-refractivity contribution in [1.82, 2.24) is 15.3 Å². The van der Waals surface area contributed by atoms with Gasteiger partial charge in [0.15, 0.2) is 0 Å². The fraction of sp³-hybridized carbons (Fsp3) is 0.765. The van der Waals surface area contributed by atoms with Crippen LogP contribution in [-0.2, 0) is 12.8 Å². The fourth-order valence-corrected chi connectivity index (χ4v) is 3.62. The molecule has 1 N–H and O–H groups in total. The van der Waals surface area contributed by atoms with Crippen molar-refractivity contribution in [2.24, 2.45) is 5.92 Å². The summed E-state index contributed by atoms with van der Waals surface area (Å²) in [6.07, 6.45) is 9.22. The van der Waals surface area contributed by atoms with E-state index in [0.29, 0.717) is 12.0 Å². The summed E-state index contributed by atoms with van der Waals surface area (Å²) in [5.41, 5.74) is 2.72. The molecule has 1 atom stereocenters. The van der Waals surface area contributed by atoms with Crippen molar-refractivity contribution in [2.45, 2.75) is 58.4 Å². The lowest BCUT2D eigenvalue weighted by Crippen LogP contribution is -2.47. The first kappa shape index (κ1) is 14.8. The average molecular weight is 288 g/mol. The van der Waals surface area contributed by atoms with Crippen LogP contribution in [0.5, 0.6) is 0 Å². The van der Waals surface area contributed by atoms with Crippen LogP contribution in [0.15, 0.2) is 6.33 Å². The van der Waals surface area contributed by atoms with Gasteiger partial charge in [-0.3, -0.25) is 0 Å². The highest BCUT2D eigenvalue weighted by Gasteiger charge is 2.27. The van der Waals surface area contributed by atoms with Crippen LogP contribution >= 0.6 is 0 Å². The molecule has 0 aromatic carbocycles. The van der Waals surface area contributed by atoms with Crippen LogP contribution in [0.4, 0.5) is 5.82 Å². The molecule has 1 aromatic rings. The first-order valence-corrected chi connectivity index (χ1v) is 8.56. The molecule has 1 aliphatic heterocycles. The van der Waals surface area contributed by atoms with Crippen molar-refractivity contribution in [3.8, 4) is 0 Å². The Labute approximate surface area is 128 Å². The fourth-order valence-electron chi connectivity index (χ4n) is 3.62. The minimum absolute atomic E-state index is 0.595. The predicted molar refractivity (Wildman–Crippen MR) is 86.7 cm³/mol. The monoisotopic (exact) mass is 288 g/mol. The third-order valence-corrected chi connectivity index (χ3v) is 4.68. The molecule has 0 saturated carbocycles. The van der Waals surface area contributed by atoms with Crippen molar-refractivity contribution in [3.05, 3.63) is 17.6 Å². The summed E-state index contributed by atoms with van der Waals surface area (Å²) < 4.78 is 0. The molecule has 3 rings (SSSR count). The predicted octanol–water partition coefficient (Wildman–Crippen LogP) is 2.57. The summed E-state index contributed by atoms with van der Waals surface area (Å²) in [6.45, 7) is 7.87. The van der Waals surface area contributed by atoms with Crippen LogP contribution in [0.2, 0.25) is 0 Å². The Kier molecular flexibility index (Phi) is 4.73. The quantitative estimate of drug-likeness (QED) is 0.904. The molecule has 0 amide bonds. The summed E-state index contributed by atoms with van der Waals surface area (Å²) in [5, 5.41) is 3.64. The van der Waals surface area contributed by atoms with Crippen molar-refractivity contribution in [2.75, 3.05) is 24.5 Å². The number of anilines is 1. The molecule has 2 heterocycles. The highest BCUT2D eigenvalue weighted by Crippen LogP contribution is 2.31. The minimum Gasteiger partial charge on any atom is -0.352 e. The Balaban J connectivity index is 1.73. The second-order valence-electron chi connectivity index (χ2n) is 6.87. The van der Waals surface area contributed by atoms with E-state index in [-0.39, 0.29) is 0 Å². The highest BCUT2D eigenvalue weighted by atomic mass is 15.2. The Morgan fingerprint density at radius 3 is 3.00 bits per heavy atom. The van der Waals surface area contributed by atoms with Gasteiger partial charge in [-0.05, 0) is 51.0 Å². The molecule has 21 heavy (non-hydrogen) atoms. The summed E-state index contributed by atoms with van der Waals surface area (Å²) in [6, 6.07) is 0.595. The van der Waals surface area contributed by atoms with Gasteiger partial charge in [0.25, 0.3) is 0 Å². The van der Waals surface area contributed by atoms with Gasteiger partial charge in [-0.15, -0.1) is 0 Å². The maximum absolute atomic E-state index is 4.65. The summed E-state index contributed by atoms with van der Waals surface area (Å²) in [5.74, 6) is 1.94. The summed E-state index contributed by atoms with van der Waals surface area (Å²) in [4.78, 5) is 11.7. The zero-order valence-corrected chi connectivity index (χ0v) is 13.4. The number of fused-ring (bicyclic) bond motifs is 1. The van der Waals surface area contributed by atoms with Crippen LogP contribution in [0.3, 0.4) is 0 Å². The van der Waals surface area contributed by atoms with Gasteiger partial charge in [-0.25, -0.2) is 9.97 Å². The lowest BCUT2D eigenvalue weighted by Gasteiger charge is -2.38. The Morgan fingerprint density at radius 2 is 2.14 bits per heavy atom. The number of hydrogen-bond donors (Lipinski definition) is 1. The zero-order chi connectivity index (χ0) is 14.7. The molecular formula is C17H28N4. The number of aryl methyl sites for hydroxylation is 1. The van der Waals surface area contributed by atoms with Crippen molar-refractivity contribution < 1.29 is 0 Å². The molecule has 0 bridgehead atoms. The lowest BCUT2D eigenvalue weighted by atomic mass is 10.0. The van der Waals surface area contributed by atoms with E-state index in [1.165, 1.54) is 42.8 Å². The van der Waals surface area contributed by atoms with E-state index in [9.17, 15) is 0 Å². The van der Waals surface area contributed by atoms with Gasteiger partial charge in [-0.1, -0.05) is 13.8 Å². The highest BCUT2D eigenvalue weighted by molar-refractivity contribution is 5.51. The van der Waals surface area contributed by atoms with Gasteiger partial charge in [-0.2, -0.15) is 0 Å². The molecular weight excluding hydrogens is 260 g/mol. The molecule has 4 heteroatoms. The van der Waals surface area contributed by atoms with Gasteiger partial charge >= 0.3 is 0 Å². The van der Waals surface area contributed by atoms with E-state index >= 15 is 0 Å². The van der Waals surface area contributed by atoms with Crippen LogP contribution < -0.4 is 10.2 Å². The van der Waals surface area contributed by atoms with Gasteiger partial charge in [0, 0.05) is 30.4 Å². The lowest BCUT2D eigenvalue weighted by molar-refractivity contribution is 0.420. The topological polar surface area (TPSA) is 41.0 Å². The number of piperidine rings is 1. The van der Waals surface area contributed by atoms with Gasteiger partial charge in [0.2, 0.25) is 0 Å². The van der Waals surface area contributed by atoms with Crippen molar-refractivity contribution in [3.63, 3.8) is 0 Å². The van der Waals surface area contributed by atoms with Crippen LogP contribution in [-0.4, -0.2) is 35.6 Å². The van der Waals surface area contributed by atoms with Crippen LogP contribution in [0, 0.1) is 5.92 Å². The molecule has 0 radical (unpaired) electrons. The molecule has 1 aromatic heterocycles. The molecule has 1 unspecified atom stereocenters. The SMILES string of the molecule is CC(C)CNCC1CCCCN1c1ncnc2c1CCC2. The van der Waals surface area contributed by atoms with Gasteiger partial charge in [0.1, 0.15) is 12.1 Å².